The van der Waals surface area contributed by atoms with Gasteiger partial charge in [0.25, 0.3) is 0 Å². The zero-order valence-corrected chi connectivity index (χ0v) is 12.4. The molecule has 0 bridgehead atoms. The normalized spacial score (nSPS) is 25.1. The first-order valence-corrected chi connectivity index (χ1v) is 8.13. The van der Waals surface area contributed by atoms with Crippen LogP contribution in [0, 0.1) is 5.92 Å². The summed E-state index contributed by atoms with van der Waals surface area (Å²) in [6, 6.07) is 0.676. The Bertz CT molecular complexity index is 321. The van der Waals surface area contributed by atoms with E-state index in [1.54, 1.807) is 0 Å². The summed E-state index contributed by atoms with van der Waals surface area (Å²) in [5, 5.41) is 3.42. The molecular formula is C15H27N3O2. The lowest BCUT2D eigenvalue weighted by Gasteiger charge is -2.33. The van der Waals surface area contributed by atoms with Gasteiger partial charge in [0.15, 0.2) is 0 Å². The predicted octanol–water partition coefficient (Wildman–Crippen LogP) is 0.309. The Hall–Kier alpha value is -0.650. The Balaban J connectivity index is 1.49. The van der Waals surface area contributed by atoms with E-state index in [-0.39, 0.29) is 0 Å². The van der Waals surface area contributed by atoms with Crippen LogP contribution in [0.5, 0.6) is 0 Å². The summed E-state index contributed by atoms with van der Waals surface area (Å²) in [5.74, 6) is 1.07. The van der Waals surface area contributed by atoms with Gasteiger partial charge in [-0.3, -0.25) is 9.69 Å². The van der Waals surface area contributed by atoms with Crippen molar-refractivity contribution in [3.8, 4) is 0 Å². The summed E-state index contributed by atoms with van der Waals surface area (Å²) in [7, 11) is 0. The highest BCUT2D eigenvalue weighted by Gasteiger charge is 2.33. The van der Waals surface area contributed by atoms with Gasteiger partial charge in [0.2, 0.25) is 5.91 Å². The fourth-order valence-corrected chi connectivity index (χ4v) is 3.26. The van der Waals surface area contributed by atoms with Gasteiger partial charge in [0.1, 0.15) is 0 Å². The first-order chi connectivity index (χ1) is 9.83. The number of carbonyl (C=O) groups excluding carboxylic acids is 1. The van der Waals surface area contributed by atoms with Gasteiger partial charge in [0.05, 0.1) is 19.8 Å². The third-order valence-corrected chi connectivity index (χ3v) is 4.72. The smallest absolute Gasteiger partial charge is 0.236 e. The van der Waals surface area contributed by atoms with Crippen LogP contribution in [0.3, 0.4) is 0 Å². The quantitative estimate of drug-likeness (QED) is 0.788. The molecule has 114 valence electrons. The van der Waals surface area contributed by atoms with Crippen molar-refractivity contribution in [2.45, 2.75) is 31.7 Å². The van der Waals surface area contributed by atoms with Crippen molar-refractivity contribution in [3.05, 3.63) is 0 Å². The first kappa shape index (κ1) is 14.3. The number of nitrogens with one attached hydrogen (secondary N) is 1. The number of hydrogen-bond donors (Lipinski definition) is 1. The van der Waals surface area contributed by atoms with E-state index in [4.69, 9.17) is 4.74 Å². The van der Waals surface area contributed by atoms with Crippen LogP contribution in [-0.4, -0.2) is 74.2 Å². The molecule has 2 aliphatic heterocycles. The standard InChI is InChI=1S/C15H27N3O2/c19-15(17-7-9-20-10-8-17)12-18(14-1-2-14)11-13-3-5-16-6-4-13/h13-14,16H,1-12H2. The van der Waals surface area contributed by atoms with Crippen molar-refractivity contribution >= 4 is 5.91 Å². The van der Waals surface area contributed by atoms with Crippen molar-refractivity contribution in [3.63, 3.8) is 0 Å². The molecule has 0 unspecified atom stereocenters. The Labute approximate surface area is 121 Å². The van der Waals surface area contributed by atoms with Crippen molar-refractivity contribution in [1.82, 2.24) is 15.1 Å². The Morgan fingerprint density at radius 2 is 1.85 bits per heavy atom. The largest absolute Gasteiger partial charge is 0.378 e. The average molecular weight is 281 g/mol. The van der Waals surface area contributed by atoms with Crippen LogP contribution >= 0.6 is 0 Å². The van der Waals surface area contributed by atoms with E-state index in [1.165, 1.54) is 25.7 Å². The second kappa shape index (κ2) is 6.87. The lowest BCUT2D eigenvalue weighted by molar-refractivity contribution is -0.136. The Morgan fingerprint density at radius 3 is 2.50 bits per heavy atom. The maximum absolute atomic E-state index is 12.4. The fourth-order valence-electron chi connectivity index (χ4n) is 3.26. The summed E-state index contributed by atoms with van der Waals surface area (Å²) in [4.78, 5) is 16.8. The number of amides is 1. The molecule has 2 heterocycles. The number of carbonyl (C=O) groups is 1. The molecule has 1 amide bonds. The second-order valence-corrected chi connectivity index (χ2v) is 6.35. The molecule has 0 atom stereocenters. The Kier molecular flexibility index (Phi) is 4.91. The van der Waals surface area contributed by atoms with E-state index in [0.717, 1.165) is 38.6 Å². The van der Waals surface area contributed by atoms with Gasteiger partial charge in [0, 0.05) is 25.7 Å². The molecule has 3 aliphatic rings. The van der Waals surface area contributed by atoms with E-state index in [1.807, 2.05) is 4.90 Å². The summed E-state index contributed by atoms with van der Waals surface area (Å²) in [6.45, 7) is 6.94. The third kappa shape index (κ3) is 3.93. The lowest BCUT2D eigenvalue weighted by Crippen LogP contribution is -2.47. The minimum absolute atomic E-state index is 0.300. The molecule has 0 aromatic rings. The molecular weight excluding hydrogens is 254 g/mol. The molecule has 1 aliphatic carbocycles. The van der Waals surface area contributed by atoms with Gasteiger partial charge >= 0.3 is 0 Å². The summed E-state index contributed by atoms with van der Waals surface area (Å²) < 4.78 is 5.32. The SMILES string of the molecule is O=C(CN(CC1CCNCC1)C1CC1)N1CCOCC1. The van der Waals surface area contributed by atoms with Gasteiger partial charge in [-0.25, -0.2) is 0 Å². The molecule has 20 heavy (non-hydrogen) atoms. The van der Waals surface area contributed by atoms with Crippen LogP contribution in [0.4, 0.5) is 0 Å². The fraction of sp³-hybridized carbons (Fsp3) is 0.933. The first-order valence-electron chi connectivity index (χ1n) is 8.13. The van der Waals surface area contributed by atoms with Crippen LogP contribution < -0.4 is 5.32 Å². The minimum Gasteiger partial charge on any atom is -0.378 e. The molecule has 3 fully saturated rings. The highest BCUT2D eigenvalue weighted by atomic mass is 16.5. The van der Waals surface area contributed by atoms with Crippen molar-refractivity contribution in [2.24, 2.45) is 5.92 Å². The van der Waals surface area contributed by atoms with Crippen LogP contribution in [0.1, 0.15) is 25.7 Å². The summed E-state index contributed by atoms with van der Waals surface area (Å²) in [6.07, 6.45) is 5.08. The van der Waals surface area contributed by atoms with Gasteiger partial charge < -0.3 is 15.0 Å². The van der Waals surface area contributed by atoms with Crippen molar-refractivity contribution in [2.75, 3.05) is 52.5 Å². The highest BCUT2D eigenvalue weighted by Crippen LogP contribution is 2.28. The Morgan fingerprint density at radius 1 is 1.15 bits per heavy atom. The van der Waals surface area contributed by atoms with Gasteiger partial charge in [-0.1, -0.05) is 0 Å². The average Bonchev–Trinajstić information content (AvgIpc) is 3.33. The monoisotopic (exact) mass is 281 g/mol. The number of hydrogen-bond acceptors (Lipinski definition) is 4. The van der Waals surface area contributed by atoms with Gasteiger partial charge in [-0.2, -0.15) is 0 Å². The zero-order valence-electron chi connectivity index (χ0n) is 12.4. The summed E-state index contributed by atoms with van der Waals surface area (Å²) >= 11 is 0. The van der Waals surface area contributed by atoms with Crippen LogP contribution in [0.15, 0.2) is 0 Å². The van der Waals surface area contributed by atoms with Crippen molar-refractivity contribution in [1.29, 1.82) is 0 Å². The van der Waals surface area contributed by atoms with Crippen LogP contribution in [0.25, 0.3) is 0 Å². The van der Waals surface area contributed by atoms with Crippen molar-refractivity contribution < 1.29 is 9.53 Å². The van der Waals surface area contributed by atoms with E-state index < -0.39 is 0 Å². The minimum atomic E-state index is 0.300. The molecule has 0 aromatic heterocycles. The van der Waals surface area contributed by atoms with E-state index >= 15 is 0 Å². The number of ether oxygens (including phenoxy) is 1. The topological polar surface area (TPSA) is 44.8 Å². The highest BCUT2D eigenvalue weighted by molar-refractivity contribution is 5.78. The maximum Gasteiger partial charge on any atom is 0.236 e. The van der Waals surface area contributed by atoms with E-state index in [0.29, 0.717) is 31.7 Å². The van der Waals surface area contributed by atoms with Crippen LogP contribution in [0.2, 0.25) is 0 Å². The third-order valence-electron chi connectivity index (χ3n) is 4.72. The molecule has 5 heteroatoms. The number of nitrogens with zero attached hydrogens (tertiary/aromatic N) is 2. The van der Waals surface area contributed by atoms with E-state index in [2.05, 4.69) is 10.2 Å². The molecule has 1 N–H and O–H groups in total. The molecule has 0 spiro atoms. The number of rotatable bonds is 5. The second-order valence-electron chi connectivity index (χ2n) is 6.35. The molecule has 5 nitrogen and oxygen atoms in total. The molecule has 3 rings (SSSR count). The zero-order chi connectivity index (χ0) is 13.8. The van der Waals surface area contributed by atoms with Gasteiger partial charge in [-0.15, -0.1) is 0 Å². The summed E-state index contributed by atoms with van der Waals surface area (Å²) in [5.41, 5.74) is 0. The lowest BCUT2D eigenvalue weighted by atomic mass is 9.97. The predicted molar refractivity (Wildman–Crippen MR) is 77.6 cm³/mol. The molecule has 0 radical (unpaired) electrons. The van der Waals surface area contributed by atoms with Gasteiger partial charge in [-0.05, 0) is 44.7 Å². The molecule has 0 aromatic carbocycles. The molecule has 1 saturated carbocycles. The van der Waals surface area contributed by atoms with Crippen LogP contribution in [-0.2, 0) is 9.53 Å². The van der Waals surface area contributed by atoms with E-state index in [9.17, 15) is 4.79 Å². The molecule has 2 saturated heterocycles. The maximum atomic E-state index is 12.4. The number of piperidine rings is 1. The number of morpholine rings is 1.